The minimum absolute atomic E-state index is 0.0882. The van der Waals surface area contributed by atoms with Crippen molar-refractivity contribution in [3.05, 3.63) is 54.6 Å². The maximum absolute atomic E-state index is 11.3. The molecule has 0 saturated heterocycles. The predicted molar refractivity (Wildman–Crippen MR) is 86.6 cm³/mol. The van der Waals surface area contributed by atoms with Gasteiger partial charge in [-0.05, 0) is 41.3 Å². The fourth-order valence-corrected chi connectivity index (χ4v) is 2.34. The number of amides is 1. The molecule has 0 fully saturated rings. The van der Waals surface area contributed by atoms with Crippen molar-refractivity contribution in [2.45, 2.75) is 19.3 Å². The van der Waals surface area contributed by atoms with Crippen molar-refractivity contribution in [1.29, 1.82) is 0 Å². The van der Waals surface area contributed by atoms with E-state index in [9.17, 15) is 4.79 Å². The van der Waals surface area contributed by atoms with Crippen molar-refractivity contribution in [3.8, 4) is 5.75 Å². The highest BCUT2D eigenvalue weighted by molar-refractivity contribution is 5.87. The molecular weight excluding hydrogens is 262 g/mol. The van der Waals surface area contributed by atoms with Crippen LogP contribution in [0.25, 0.3) is 10.8 Å². The normalized spacial score (nSPS) is 10.3. The number of carbonyl (C=O) groups excluding carboxylic acids is 1. The first kappa shape index (κ1) is 15.1. The predicted octanol–water partition coefficient (Wildman–Crippen LogP) is 3.47. The Balaban J connectivity index is 2.17. The van der Waals surface area contributed by atoms with Crippen LogP contribution in [0, 0.1) is 0 Å². The van der Waals surface area contributed by atoms with E-state index in [1.165, 1.54) is 16.3 Å². The number of fused-ring (bicyclic) bond motifs is 1. The molecule has 1 N–H and O–H groups in total. The summed E-state index contributed by atoms with van der Waals surface area (Å²) in [5, 5.41) is 5.04. The number of carbonyl (C=O) groups is 1. The molecule has 110 valence electrons. The third-order valence-electron chi connectivity index (χ3n) is 3.44. The van der Waals surface area contributed by atoms with Crippen LogP contribution >= 0.6 is 0 Å². The van der Waals surface area contributed by atoms with E-state index in [1.807, 2.05) is 6.07 Å². The summed E-state index contributed by atoms with van der Waals surface area (Å²) in [4.78, 5) is 11.3. The van der Waals surface area contributed by atoms with Crippen LogP contribution in [0.2, 0.25) is 0 Å². The van der Waals surface area contributed by atoms with E-state index >= 15 is 0 Å². The second-order valence-corrected chi connectivity index (χ2v) is 4.93. The minimum atomic E-state index is 0.0882. The molecule has 3 nitrogen and oxygen atoms in total. The van der Waals surface area contributed by atoms with Gasteiger partial charge in [-0.15, -0.1) is 0 Å². The van der Waals surface area contributed by atoms with E-state index in [-0.39, 0.29) is 5.91 Å². The number of benzene rings is 2. The van der Waals surface area contributed by atoms with Gasteiger partial charge in [0.2, 0.25) is 5.91 Å². The average molecular weight is 283 g/mol. The molecule has 0 aliphatic carbocycles. The number of ether oxygens (including phenoxy) is 1. The molecule has 2 aromatic carbocycles. The SMILES string of the molecule is C=CCOc1ccc2cccc(CCCC(=O)NC)c2c1. The van der Waals surface area contributed by atoms with Crippen LogP contribution < -0.4 is 10.1 Å². The second kappa shape index (κ2) is 7.48. The van der Waals surface area contributed by atoms with Gasteiger partial charge in [-0.2, -0.15) is 0 Å². The van der Waals surface area contributed by atoms with Gasteiger partial charge in [0, 0.05) is 13.5 Å². The number of rotatable bonds is 7. The Morgan fingerprint density at radius 3 is 2.95 bits per heavy atom. The average Bonchev–Trinajstić information content (AvgIpc) is 2.52. The van der Waals surface area contributed by atoms with Gasteiger partial charge < -0.3 is 10.1 Å². The highest BCUT2D eigenvalue weighted by atomic mass is 16.5. The second-order valence-electron chi connectivity index (χ2n) is 4.93. The molecular formula is C18H21NO2. The molecule has 0 aromatic heterocycles. The number of aryl methyl sites for hydroxylation is 1. The summed E-state index contributed by atoms with van der Waals surface area (Å²) < 4.78 is 5.60. The Labute approximate surface area is 125 Å². The zero-order valence-electron chi connectivity index (χ0n) is 12.4. The molecule has 2 rings (SSSR count). The van der Waals surface area contributed by atoms with Crippen molar-refractivity contribution in [2.75, 3.05) is 13.7 Å². The summed E-state index contributed by atoms with van der Waals surface area (Å²) in [7, 11) is 1.67. The lowest BCUT2D eigenvalue weighted by Crippen LogP contribution is -2.17. The third kappa shape index (κ3) is 4.09. The van der Waals surface area contributed by atoms with Gasteiger partial charge in [0.1, 0.15) is 12.4 Å². The van der Waals surface area contributed by atoms with Crippen molar-refractivity contribution >= 4 is 16.7 Å². The summed E-state index contributed by atoms with van der Waals surface area (Å²) in [5.41, 5.74) is 1.25. The summed E-state index contributed by atoms with van der Waals surface area (Å²) in [6.45, 7) is 4.16. The van der Waals surface area contributed by atoms with Crippen LogP contribution in [0.3, 0.4) is 0 Å². The lowest BCUT2D eigenvalue weighted by atomic mass is 10.00. The topological polar surface area (TPSA) is 38.3 Å². The molecule has 0 bridgehead atoms. The molecule has 0 saturated carbocycles. The maximum Gasteiger partial charge on any atom is 0.219 e. The van der Waals surface area contributed by atoms with Crippen LogP contribution in [-0.2, 0) is 11.2 Å². The van der Waals surface area contributed by atoms with Crippen LogP contribution in [0.5, 0.6) is 5.75 Å². The quantitative estimate of drug-likeness (QED) is 0.790. The van der Waals surface area contributed by atoms with E-state index in [0.29, 0.717) is 13.0 Å². The number of nitrogens with one attached hydrogen (secondary N) is 1. The Bertz CT molecular complexity index is 634. The Hall–Kier alpha value is -2.29. The zero-order chi connectivity index (χ0) is 15.1. The highest BCUT2D eigenvalue weighted by Crippen LogP contribution is 2.25. The molecule has 0 aliphatic heterocycles. The summed E-state index contributed by atoms with van der Waals surface area (Å²) >= 11 is 0. The molecule has 0 spiro atoms. The molecule has 0 radical (unpaired) electrons. The summed E-state index contributed by atoms with van der Waals surface area (Å²) in [5.74, 6) is 0.936. The molecule has 0 aliphatic rings. The third-order valence-corrected chi connectivity index (χ3v) is 3.44. The highest BCUT2D eigenvalue weighted by Gasteiger charge is 2.04. The fraction of sp³-hybridized carbons (Fsp3) is 0.278. The lowest BCUT2D eigenvalue weighted by molar-refractivity contribution is -0.120. The van der Waals surface area contributed by atoms with Crippen molar-refractivity contribution in [3.63, 3.8) is 0 Å². The Morgan fingerprint density at radius 1 is 1.33 bits per heavy atom. The van der Waals surface area contributed by atoms with Crippen molar-refractivity contribution in [2.24, 2.45) is 0 Å². The van der Waals surface area contributed by atoms with Gasteiger partial charge in [0.25, 0.3) is 0 Å². The van der Waals surface area contributed by atoms with Crippen LogP contribution in [-0.4, -0.2) is 19.6 Å². The first-order valence-electron chi connectivity index (χ1n) is 7.20. The Morgan fingerprint density at radius 2 is 2.19 bits per heavy atom. The molecule has 1 amide bonds. The van der Waals surface area contributed by atoms with Gasteiger partial charge in [-0.1, -0.05) is 36.9 Å². The van der Waals surface area contributed by atoms with Crippen LogP contribution in [0.4, 0.5) is 0 Å². The van der Waals surface area contributed by atoms with E-state index in [2.05, 4.69) is 42.2 Å². The monoisotopic (exact) mass is 283 g/mol. The largest absolute Gasteiger partial charge is 0.490 e. The molecule has 0 unspecified atom stereocenters. The smallest absolute Gasteiger partial charge is 0.219 e. The van der Waals surface area contributed by atoms with Gasteiger partial charge in [0.05, 0.1) is 0 Å². The molecule has 21 heavy (non-hydrogen) atoms. The van der Waals surface area contributed by atoms with Gasteiger partial charge in [0.15, 0.2) is 0 Å². The summed E-state index contributed by atoms with van der Waals surface area (Å²) in [6, 6.07) is 12.4. The van der Waals surface area contributed by atoms with E-state index in [1.54, 1.807) is 13.1 Å². The minimum Gasteiger partial charge on any atom is -0.490 e. The first-order valence-corrected chi connectivity index (χ1v) is 7.20. The Kier molecular flexibility index (Phi) is 5.38. The molecule has 2 aromatic rings. The lowest BCUT2D eigenvalue weighted by Gasteiger charge is -2.09. The van der Waals surface area contributed by atoms with Gasteiger partial charge in [-0.25, -0.2) is 0 Å². The van der Waals surface area contributed by atoms with E-state index < -0.39 is 0 Å². The molecule has 0 heterocycles. The number of hydrogen-bond acceptors (Lipinski definition) is 2. The van der Waals surface area contributed by atoms with E-state index in [4.69, 9.17) is 4.74 Å². The fourth-order valence-electron chi connectivity index (χ4n) is 2.34. The summed E-state index contributed by atoms with van der Waals surface area (Å²) in [6.07, 6.45) is 4.02. The van der Waals surface area contributed by atoms with Crippen LogP contribution in [0.15, 0.2) is 49.1 Å². The maximum atomic E-state index is 11.3. The first-order chi connectivity index (χ1) is 10.2. The van der Waals surface area contributed by atoms with Gasteiger partial charge >= 0.3 is 0 Å². The molecule has 3 heteroatoms. The van der Waals surface area contributed by atoms with Gasteiger partial charge in [-0.3, -0.25) is 4.79 Å². The molecule has 0 atom stereocenters. The zero-order valence-corrected chi connectivity index (χ0v) is 12.4. The standard InChI is InChI=1S/C18H21NO2/c1-3-12-21-16-11-10-15-7-4-6-14(17(15)13-16)8-5-9-18(20)19-2/h3-4,6-7,10-11,13H,1,5,8-9,12H2,2H3,(H,19,20). The van der Waals surface area contributed by atoms with Crippen molar-refractivity contribution < 1.29 is 9.53 Å². The van der Waals surface area contributed by atoms with Crippen molar-refractivity contribution in [1.82, 2.24) is 5.32 Å². The number of hydrogen-bond donors (Lipinski definition) is 1. The van der Waals surface area contributed by atoms with E-state index in [0.717, 1.165) is 18.6 Å². The van der Waals surface area contributed by atoms with Crippen LogP contribution in [0.1, 0.15) is 18.4 Å².